The van der Waals surface area contributed by atoms with Crippen LogP contribution in [0.1, 0.15) is 24.2 Å². The normalized spacial score (nSPS) is 15.9. The van der Waals surface area contributed by atoms with E-state index >= 15 is 0 Å². The fourth-order valence-corrected chi connectivity index (χ4v) is 4.45. The second-order valence-corrected chi connectivity index (χ2v) is 8.97. The first-order valence-electron chi connectivity index (χ1n) is 9.64. The number of Topliss-reactive ketones (excluding diaryl/α,β-unsaturated/α-hetero) is 1. The van der Waals surface area contributed by atoms with E-state index in [0.717, 1.165) is 0 Å². The summed E-state index contributed by atoms with van der Waals surface area (Å²) in [7, 11) is -3.57. The lowest BCUT2D eigenvalue weighted by atomic mass is 10.1. The van der Waals surface area contributed by atoms with Gasteiger partial charge in [-0.05, 0) is 50.2 Å². The molecule has 9 heteroatoms. The monoisotopic (exact) mass is 431 g/mol. The highest BCUT2D eigenvalue weighted by Crippen LogP contribution is 2.20. The number of carbonyl (C=O) groups excluding carboxylic acids is 2. The maximum atomic E-state index is 12.7. The van der Waals surface area contributed by atoms with Crippen LogP contribution in [0, 0.1) is 0 Å². The second-order valence-electron chi connectivity index (χ2n) is 7.03. The van der Waals surface area contributed by atoms with E-state index < -0.39 is 16.1 Å². The van der Waals surface area contributed by atoms with Crippen LogP contribution in [0.4, 0.5) is 11.4 Å². The Hall–Kier alpha value is -2.75. The predicted octanol–water partition coefficient (Wildman–Crippen LogP) is 2.35. The Balaban J connectivity index is 1.62. The molecule has 2 aromatic rings. The van der Waals surface area contributed by atoms with Gasteiger partial charge in [-0.3, -0.25) is 9.59 Å². The summed E-state index contributed by atoms with van der Waals surface area (Å²) < 4.78 is 31.9. The highest BCUT2D eigenvalue weighted by atomic mass is 32.2. The average molecular weight is 432 g/mol. The number of rotatable bonds is 7. The highest BCUT2D eigenvalue weighted by molar-refractivity contribution is 7.89. The summed E-state index contributed by atoms with van der Waals surface area (Å²) in [6.07, 6.45) is 0. The van der Waals surface area contributed by atoms with Gasteiger partial charge in [-0.25, -0.2) is 8.42 Å². The van der Waals surface area contributed by atoms with Gasteiger partial charge < -0.3 is 15.4 Å². The van der Waals surface area contributed by atoms with Crippen LogP contribution in [-0.2, 0) is 19.6 Å². The molecule has 1 fully saturated rings. The number of anilines is 2. The molecule has 1 saturated heterocycles. The van der Waals surface area contributed by atoms with Gasteiger partial charge in [0.1, 0.15) is 6.04 Å². The molecule has 0 bridgehead atoms. The van der Waals surface area contributed by atoms with Crippen LogP contribution < -0.4 is 10.6 Å². The molecule has 30 heavy (non-hydrogen) atoms. The van der Waals surface area contributed by atoms with Crippen molar-refractivity contribution in [2.24, 2.45) is 0 Å². The molecule has 2 N–H and O–H groups in total. The second kappa shape index (κ2) is 9.38. The van der Waals surface area contributed by atoms with Crippen LogP contribution in [0.3, 0.4) is 0 Å². The molecule has 1 unspecified atom stereocenters. The third-order valence-corrected chi connectivity index (χ3v) is 6.69. The van der Waals surface area contributed by atoms with Crippen molar-refractivity contribution in [1.82, 2.24) is 4.31 Å². The van der Waals surface area contributed by atoms with Crippen LogP contribution in [0.25, 0.3) is 0 Å². The number of amides is 1. The van der Waals surface area contributed by atoms with E-state index in [9.17, 15) is 18.0 Å². The maximum absolute atomic E-state index is 12.7. The number of hydrogen-bond acceptors (Lipinski definition) is 6. The summed E-state index contributed by atoms with van der Waals surface area (Å²) >= 11 is 0. The summed E-state index contributed by atoms with van der Waals surface area (Å²) in [5.74, 6) is -0.338. The van der Waals surface area contributed by atoms with Crippen LogP contribution >= 0.6 is 0 Å². The Morgan fingerprint density at radius 2 is 1.70 bits per heavy atom. The fraction of sp³-hybridized carbons (Fsp3) is 0.333. The van der Waals surface area contributed by atoms with Gasteiger partial charge in [0, 0.05) is 30.0 Å². The largest absolute Gasteiger partial charge is 0.379 e. The van der Waals surface area contributed by atoms with Crippen molar-refractivity contribution in [3.8, 4) is 0 Å². The van der Waals surface area contributed by atoms with Crippen LogP contribution in [0.2, 0.25) is 0 Å². The minimum absolute atomic E-state index is 0.0529. The molecule has 1 heterocycles. The lowest BCUT2D eigenvalue weighted by Crippen LogP contribution is -2.40. The Morgan fingerprint density at radius 1 is 1.03 bits per heavy atom. The van der Waals surface area contributed by atoms with Crippen LogP contribution in [0.5, 0.6) is 0 Å². The van der Waals surface area contributed by atoms with Gasteiger partial charge in [-0.15, -0.1) is 0 Å². The van der Waals surface area contributed by atoms with E-state index in [4.69, 9.17) is 4.74 Å². The molecule has 3 rings (SSSR count). The van der Waals surface area contributed by atoms with Crippen LogP contribution in [0.15, 0.2) is 53.4 Å². The number of benzene rings is 2. The smallest absolute Gasteiger partial charge is 0.246 e. The maximum Gasteiger partial charge on any atom is 0.246 e. The molecule has 0 saturated carbocycles. The zero-order valence-corrected chi connectivity index (χ0v) is 17.7. The third-order valence-electron chi connectivity index (χ3n) is 4.78. The molecule has 0 spiro atoms. The van der Waals surface area contributed by atoms with Crippen molar-refractivity contribution < 1.29 is 22.7 Å². The molecule has 0 aliphatic carbocycles. The van der Waals surface area contributed by atoms with Crippen molar-refractivity contribution in [3.05, 3.63) is 54.1 Å². The lowest BCUT2D eigenvalue weighted by molar-refractivity contribution is -0.116. The quantitative estimate of drug-likeness (QED) is 0.652. The molecule has 0 aromatic heterocycles. The summed E-state index contributed by atoms with van der Waals surface area (Å²) in [6.45, 7) is 4.61. The lowest BCUT2D eigenvalue weighted by Gasteiger charge is -2.26. The summed E-state index contributed by atoms with van der Waals surface area (Å²) in [5.41, 5.74) is 1.72. The molecule has 2 aromatic carbocycles. The molecule has 160 valence electrons. The third kappa shape index (κ3) is 5.24. The number of nitrogens with zero attached hydrogens (tertiary/aromatic N) is 1. The van der Waals surface area contributed by atoms with Gasteiger partial charge in [0.15, 0.2) is 5.78 Å². The number of sulfonamides is 1. The summed E-state index contributed by atoms with van der Waals surface area (Å²) in [4.78, 5) is 24.2. The van der Waals surface area contributed by atoms with Gasteiger partial charge >= 0.3 is 0 Å². The molecule has 1 aliphatic heterocycles. The first kappa shape index (κ1) is 21.9. The minimum Gasteiger partial charge on any atom is -0.379 e. The fourth-order valence-electron chi connectivity index (χ4n) is 3.04. The first-order valence-corrected chi connectivity index (χ1v) is 11.1. The number of morpholine rings is 1. The molecule has 0 radical (unpaired) electrons. The van der Waals surface area contributed by atoms with Crippen molar-refractivity contribution in [1.29, 1.82) is 0 Å². The number of ether oxygens (including phenoxy) is 1. The Labute approximate surface area is 176 Å². The molecule has 1 amide bonds. The van der Waals surface area contributed by atoms with E-state index in [1.807, 2.05) is 0 Å². The topological polar surface area (TPSA) is 105 Å². The predicted molar refractivity (Wildman–Crippen MR) is 114 cm³/mol. The van der Waals surface area contributed by atoms with Crippen LogP contribution in [-0.4, -0.2) is 56.8 Å². The Bertz CT molecular complexity index is 1020. The van der Waals surface area contributed by atoms with Gasteiger partial charge in [0.05, 0.1) is 18.1 Å². The van der Waals surface area contributed by atoms with Crippen molar-refractivity contribution in [3.63, 3.8) is 0 Å². The number of nitrogens with one attached hydrogen (secondary N) is 2. The number of carbonyl (C=O) groups is 2. The van der Waals surface area contributed by atoms with Gasteiger partial charge in [-0.2, -0.15) is 4.31 Å². The molecule has 1 atom stereocenters. The first-order chi connectivity index (χ1) is 14.3. The Kier molecular flexibility index (Phi) is 6.86. The number of hydrogen-bond donors (Lipinski definition) is 2. The van der Waals surface area contributed by atoms with Crippen molar-refractivity contribution in [2.45, 2.75) is 24.8 Å². The molecular weight excluding hydrogens is 406 g/mol. The van der Waals surface area contributed by atoms with Gasteiger partial charge in [0.25, 0.3) is 0 Å². The standard InChI is InChI=1S/C21H25N3O5S/c1-15(22-19-5-3-4-17(14-19)16(2)25)21(26)23-18-6-8-20(9-7-18)30(27,28)24-10-12-29-13-11-24/h3-9,14-15,22H,10-13H2,1-2H3,(H,23,26). The zero-order chi connectivity index (χ0) is 21.7. The molecule has 1 aliphatic rings. The van der Waals surface area contributed by atoms with Crippen molar-refractivity contribution in [2.75, 3.05) is 36.9 Å². The van der Waals surface area contributed by atoms with E-state index in [-0.39, 0.29) is 16.6 Å². The molecule has 8 nitrogen and oxygen atoms in total. The van der Waals surface area contributed by atoms with E-state index in [0.29, 0.717) is 43.2 Å². The van der Waals surface area contributed by atoms with Gasteiger partial charge in [-0.1, -0.05) is 12.1 Å². The van der Waals surface area contributed by atoms with Gasteiger partial charge in [0.2, 0.25) is 15.9 Å². The molecular formula is C21H25N3O5S. The summed E-state index contributed by atoms with van der Waals surface area (Å²) in [6, 6.07) is 12.5. The van der Waals surface area contributed by atoms with Crippen molar-refractivity contribution >= 4 is 33.1 Å². The van der Waals surface area contributed by atoms with E-state index in [2.05, 4.69) is 10.6 Å². The highest BCUT2D eigenvalue weighted by Gasteiger charge is 2.26. The summed E-state index contributed by atoms with van der Waals surface area (Å²) in [5, 5.41) is 5.82. The van der Waals surface area contributed by atoms with E-state index in [1.165, 1.54) is 23.4 Å². The minimum atomic E-state index is -3.57. The average Bonchev–Trinajstić information content (AvgIpc) is 2.75. The Morgan fingerprint density at radius 3 is 2.33 bits per heavy atom. The SMILES string of the molecule is CC(=O)c1cccc(NC(C)C(=O)Nc2ccc(S(=O)(=O)N3CCOCC3)cc2)c1. The number of ketones is 1. The zero-order valence-electron chi connectivity index (χ0n) is 16.9. The van der Waals surface area contributed by atoms with E-state index in [1.54, 1.807) is 43.3 Å².